The van der Waals surface area contributed by atoms with Gasteiger partial charge in [-0.1, -0.05) is 12.1 Å². The van der Waals surface area contributed by atoms with Gasteiger partial charge in [-0.15, -0.1) is 11.3 Å². The number of hydrazone groups is 1. The number of carbonyl (C=O) groups excluding carboxylic acids is 2. The predicted octanol–water partition coefficient (Wildman–Crippen LogP) is 3.94. The average molecular weight is 508 g/mol. The largest absolute Gasteiger partial charge is 0.497 e. The molecule has 186 valence electrons. The molecule has 0 aliphatic carbocycles. The summed E-state index contributed by atoms with van der Waals surface area (Å²) in [6, 6.07) is 14.2. The highest BCUT2D eigenvalue weighted by Crippen LogP contribution is 2.40. The van der Waals surface area contributed by atoms with Gasteiger partial charge >= 0.3 is 0 Å². The first-order chi connectivity index (χ1) is 17.5. The second kappa shape index (κ2) is 9.90. The number of thiophene rings is 1. The molecule has 10 heteroatoms. The average Bonchev–Trinajstić information content (AvgIpc) is 3.67. The molecule has 9 nitrogen and oxygen atoms in total. The quantitative estimate of drug-likeness (QED) is 0.481. The fourth-order valence-electron chi connectivity index (χ4n) is 4.26. The van der Waals surface area contributed by atoms with Gasteiger partial charge in [-0.2, -0.15) is 5.10 Å². The summed E-state index contributed by atoms with van der Waals surface area (Å²) in [7, 11) is 4.78. The molecule has 2 amide bonds. The van der Waals surface area contributed by atoms with Crippen LogP contribution in [-0.4, -0.2) is 62.0 Å². The third-order valence-corrected chi connectivity index (χ3v) is 6.98. The summed E-state index contributed by atoms with van der Waals surface area (Å²) < 4.78 is 21.9. The van der Waals surface area contributed by atoms with Crippen LogP contribution >= 0.6 is 11.3 Å². The topological polar surface area (TPSA) is 89.9 Å². The minimum absolute atomic E-state index is 0.117. The molecule has 0 spiro atoms. The van der Waals surface area contributed by atoms with Crippen LogP contribution in [0.3, 0.4) is 0 Å². The second-order valence-electron chi connectivity index (χ2n) is 8.32. The van der Waals surface area contributed by atoms with Crippen molar-refractivity contribution in [3.63, 3.8) is 0 Å². The van der Waals surface area contributed by atoms with E-state index < -0.39 is 0 Å². The Bertz CT molecular complexity index is 1320. The lowest BCUT2D eigenvalue weighted by Gasteiger charge is -2.25. The molecular weight excluding hydrogens is 482 g/mol. The van der Waals surface area contributed by atoms with Crippen molar-refractivity contribution in [3.05, 3.63) is 69.9 Å². The van der Waals surface area contributed by atoms with Crippen molar-refractivity contribution in [1.29, 1.82) is 0 Å². The summed E-state index contributed by atoms with van der Waals surface area (Å²) >= 11 is 1.34. The van der Waals surface area contributed by atoms with Gasteiger partial charge in [0.05, 0.1) is 30.9 Å². The summed E-state index contributed by atoms with van der Waals surface area (Å²) in [5, 5.41) is 8.01. The SMILES string of the molecule is COc1ccc(C2=NN(C(=O)CN(C)C(=O)c3cccs3)[C@@H](c3ccc4c(c3)OCO4)C2)c(OC)c1. The van der Waals surface area contributed by atoms with E-state index in [-0.39, 0.29) is 31.2 Å². The molecule has 1 atom stereocenters. The highest BCUT2D eigenvalue weighted by molar-refractivity contribution is 7.12. The lowest BCUT2D eigenvalue weighted by molar-refractivity contribution is -0.133. The fraction of sp³-hybridized carbons (Fsp3) is 0.269. The van der Waals surface area contributed by atoms with Crippen molar-refractivity contribution in [1.82, 2.24) is 9.91 Å². The molecule has 0 unspecified atom stereocenters. The Kier molecular flexibility index (Phi) is 6.51. The second-order valence-corrected chi connectivity index (χ2v) is 9.27. The zero-order chi connectivity index (χ0) is 25.2. The summed E-state index contributed by atoms with van der Waals surface area (Å²) in [5.74, 6) is 2.03. The number of fused-ring (bicyclic) bond motifs is 1. The van der Waals surface area contributed by atoms with Crippen LogP contribution in [0, 0.1) is 0 Å². The molecule has 0 fully saturated rings. The van der Waals surface area contributed by atoms with E-state index in [0.717, 1.165) is 11.1 Å². The molecule has 1 aromatic heterocycles. The molecule has 0 radical (unpaired) electrons. The van der Waals surface area contributed by atoms with Gasteiger partial charge < -0.3 is 23.8 Å². The lowest BCUT2D eigenvalue weighted by Crippen LogP contribution is -2.39. The Hall–Kier alpha value is -4.05. The monoisotopic (exact) mass is 507 g/mol. The number of rotatable bonds is 7. The van der Waals surface area contributed by atoms with Crippen LogP contribution < -0.4 is 18.9 Å². The number of ether oxygens (including phenoxy) is 4. The van der Waals surface area contributed by atoms with Crippen molar-refractivity contribution < 1.29 is 28.5 Å². The van der Waals surface area contributed by atoms with Gasteiger partial charge in [0.2, 0.25) is 6.79 Å². The molecule has 0 saturated heterocycles. The molecular formula is C26H25N3O6S. The molecule has 3 aromatic rings. The number of amides is 2. The Morgan fingerprint density at radius 3 is 2.69 bits per heavy atom. The van der Waals surface area contributed by atoms with E-state index in [9.17, 15) is 9.59 Å². The first kappa shape index (κ1) is 23.7. The van der Waals surface area contributed by atoms with Crippen molar-refractivity contribution in [2.75, 3.05) is 34.6 Å². The Labute approximate surface area is 212 Å². The standard InChI is InChI=1S/C26H25N3O6S/c1-28(26(31)24-5-4-10-36-24)14-25(30)29-20(16-6-9-21-23(11-16)35-15-34-21)13-19(27-29)18-8-7-17(32-2)12-22(18)33-3/h4-12,20H,13-15H2,1-3H3/t20-/m1/s1. The van der Waals surface area contributed by atoms with E-state index in [4.69, 9.17) is 24.0 Å². The number of benzene rings is 2. The lowest BCUT2D eigenvalue weighted by atomic mass is 9.97. The summed E-state index contributed by atoms with van der Waals surface area (Å²) in [5.41, 5.74) is 2.31. The minimum Gasteiger partial charge on any atom is -0.497 e. The molecule has 0 bridgehead atoms. The number of likely N-dealkylation sites (N-methyl/N-ethyl adjacent to an activating group) is 1. The van der Waals surface area contributed by atoms with E-state index in [0.29, 0.717) is 40.0 Å². The number of hydrogen-bond acceptors (Lipinski definition) is 8. The van der Waals surface area contributed by atoms with Crippen LogP contribution in [0.15, 0.2) is 59.0 Å². The molecule has 0 saturated carbocycles. The summed E-state index contributed by atoms with van der Waals surface area (Å²) in [6.07, 6.45) is 0.455. The zero-order valence-corrected chi connectivity index (χ0v) is 20.9. The van der Waals surface area contributed by atoms with Gasteiger partial charge in [-0.25, -0.2) is 5.01 Å². The van der Waals surface area contributed by atoms with Gasteiger partial charge in [0.15, 0.2) is 11.5 Å². The normalized spacial score (nSPS) is 16.0. The van der Waals surface area contributed by atoms with Crippen LogP contribution in [0.4, 0.5) is 0 Å². The van der Waals surface area contributed by atoms with E-state index in [1.54, 1.807) is 33.4 Å². The van der Waals surface area contributed by atoms with Crippen LogP contribution in [0.5, 0.6) is 23.0 Å². The van der Waals surface area contributed by atoms with Crippen LogP contribution in [-0.2, 0) is 4.79 Å². The first-order valence-corrected chi connectivity index (χ1v) is 12.2. The number of hydrogen-bond donors (Lipinski definition) is 0. The maximum Gasteiger partial charge on any atom is 0.264 e. The van der Waals surface area contributed by atoms with E-state index in [1.807, 2.05) is 41.8 Å². The smallest absolute Gasteiger partial charge is 0.264 e. The van der Waals surface area contributed by atoms with Crippen LogP contribution in [0.1, 0.15) is 33.3 Å². The number of nitrogens with zero attached hydrogens (tertiary/aromatic N) is 3. The summed E-state index contributed by atoms with van der Waals surface area (Å²) in [4.78, 5) is 28.2. The molecule has 2 aliphatic rings. The van der Waals surface area contributed by atoms with Crippen molar-refractivity contribution in [3.8, 4) is 23.0 Å². The molecule has 3 heterocycles. The van der Waals surface area contributed by atoms with Crippen molar-refractivity contribution in [2.24, 2.45) is 5.10 Å². The molecule has 2 aromatic carbocycles. The Morgan fingerprint density at radius 1 is 1.11 bits per heavy atom. The summed E-state index contributed by atoms with van der Waals surface area (Å²) in [6.45, 7) is 0.0425. The fourth-order valence-corrected chi connectivity index (χ4v) is 4.97. The third-order valence-electron chi connectivity index (χ3n) is 6.12. The highest BCUT2D eigenvalue weighted by Gasteiger charge is 2.35. The predicted molar refractivity (Wildman–Crippen MR) is 134 cm³/mol. The van der Waals surface area contributed by atoms with E-state index in [1.165, 1.54) is 21.2 Å². The zero-order valence-electron chi connectivity index (χ0n) is 20.1. The third kappa shape index (κ3) is 4.47. The maximum atomic E-state index is 13.5. The molecule has 2 aliphatic heterocycles. The molecule has 0 N–H and O–H groups in total. The molecule has 36 heavy (non-hydrogen) atoms. The van der Waals surface area contributed by atoms with Gasteiger partial charge in [-0.3, -0.25) is 9.59 Å². The molecule has 5 rings (SSSR count). The van der Waals surface area contributed by atoms with Crippen LogP contribution in [0.2, 0.25) is 0 Å². The van der Waals surface area contributed by atoms with Crippen molar-refractivity contribution in [2.45, 2.75) is 12.5 Å². The van der Waals surface area contributed by atoms with Gasteiger partial charge in [0.25, 0.3) is 11.8 Å². The van der Waals surface area contributed by atoms with Gasteiger partial charge in [0.1, 0.15) is 18.0 Å². The Morgan fingerprint density at radius 2 is 1.94 bits per heavy atom. The highest BCUT2D eigenvalue weighted by atomic mass is 32.1. The van der Waals surface area contributed by atoms with Crippen molar-refractivity contribution >= 4 is 28.9 Å². The van der Waals surface area contributed by atoms with Gasteiger partial charge in [0, 0.05) is 25.1 Å². The van der Waals surface area contributed by atoms with Crippen LogP contribution in [0.25, 0.3) is 0 Å². The first-order valence-electron chi connectivity index (χ1n) is 11.3. The Balaban J connectivity index is 1.46. The van der Waals surface area contributed by atoms with E-state index in [2.05, 4.69) is 0 Å². The number of methoxy groups -OCH3 is 2. The minimum atomic E-state index is -0.390. The van der Waals surface area contributed by atoms with Gasteiger partial charge in [-0.05, 0) is 41.3 Å². The number of carbonyl (C=O) groups is 2. The maximum absolute atomic E-state index is 13.5. The van der Waals surface area contributed by atoms with E-state index >= 15 is 0 Å².